The molecule has 0 spiro atoms. The Hall–Kier alpha value is -1.02. The standard InChI is InChI=1S/C12H18N2/c1-10-5-2-3-7-12(10)14-9-11-6-4-8-13-11/h2-3,5,7,11,13-14H,4,6,8-9H2,1H3/p+1/t11-/m1/s1. The van der Waals surface area contributed by atoms with Crippen molar-refractivity contribution in [2.75, 3.05) is 18.4 Å². The number of nitrogens with two attached hydrogens (primary N) is 1. The van der Waals surface area contributed by atoms with E-state index >= 15 is 0 Å². The maximum atomic E-state index is 3.52. The van der Waals surface area contributed by atoms with Crippen LogP contribution in [0.15, 0.2) is 24.3 Å². The second kappa shape index (κ2) is 4.47. The van der Waals surface area contributed by atoms with E-state index in [4.69, 9.17) is 0 Å². The molecule has 0 radical (unpaired) electrons. The minimum Gasteiger partial charge on any atom is -0.379 e. The van der Waals surface area contributed by atoms with Crippen LogP contribution in [0.3, 0.4) is 0 Å². The highest BCUT2D eigenvalue weighted by atomic mass is 15.0. The van der Waals surface area contributed by atoms with Crippen LogP contribution in [0.5, 0.6) is 0 Å². The Morgan fingerprint density at radius 1 is 1.43 bits per heavy atom. The van der Waals surface area contributed by atoms with Gasteiger partial charge in [0.1, 0.15) is 6.04 Å². The number of hydrogen-bond donors (Lipinski definition) is 2. The normalized spacial score (nSPS) is 21.1. The lowest BCUT2D eigenvalue weighted by Crippen LogP contribution is -2.87. The zero-order valence-electron chi connectivity index (χ0n) is 8.79. The van der Waals surface area contributed by atoms with Crippen LogP contribution in [0.25, 0.3) is 0 Å². The average molecular weight is 191 g/mol. The highest BCUT2D eigenvalue weighted by molar-refractivity contribution is 5.50. The van der Waals surface area contributed by atoms with Gasteiger partial charge in [0.2, 0.25) is 0 Å². The summed E-state index contributed by atoms with van der Waals surface area (Å²) in [5.41, 5.74) is 2.62. The van der Waals surface area contributed by atoms with Crippen LogP contribution in [0, 0.1) is 6.92 Å². The monoisotopic (exact) mass is 191 g/mol. The van der Waals surface area contributed by atoms with Gasteiger partial charge in [-0.25, -0.2) is 0 Å². The Morgan fingerprint density at radius 2 is 2.29 bits per heavy atom. The van der Waals surface area contributed by atoms with Gasteiger partial charge >= 0.3 is 0 Å². The van der Waals surface area contributed by atoms with E-state index in [0.29, 0.717) is 0 Å². The Balaban J connectivity index is 1.88. The Morgan fingerprint density at radius 3 is 3.00 bits per heavy atom. The van der Waals surface area contributed by atoms with Gasteiger partial charge in [-0.2, -0.15) is 0 Å². The third-order valence-electron chi connectivity index (χ3n) is 2.98. The van der Waals surface area contributed by atoms with Gasteiger partial charge < -0.3 is 10.6 Å². The van der Waals surface area contributed by atoms with Gasteiger partial charge in [-0.05, 0) is 18.6 Å². The predicted molar refractivity (Wildman–Crippen MR) is 59.5 cm³/mol. The summed E-state index contributed by atoms with van der Waals surface area (Å²) in [6.07, 6.45) is 2.74. The molecule has 0 saturated carbocycles. The molecule has 1 fully saturated rings. The summed E-state index contributed by atoms with van der Waals surface area (Å²) in [7, 11) is 0. The fourth-order valence-electron chi connectivity index (χ4n) is 2.05. The third-order valence-corrected chi connectivity index (χ3v) is 2.98. The first-order valence-electron chi connectivity index (χ1n) is 5.49. The number of para-hydroxylation sites is 1. The minimum atomic E-state index is 0.787. The first-order chi connectivity index (χ1) is 6.86. The highest BCUT2D eigenvalue weighted by Crippen LogP contribution is 2.13. The summed E-state index contributed by atoms with van der Waals surface area (Å²) in [6.45, 7) is 4.56. The molecule has 2 heteroatoms. The van der Waals surface area contributed by atoms with Crippen molar-refractivity contribution in [3.05, 3.63) is 29.8 Å². The molecule has 1 aromatic carbocycles. The van der Waals surface area contributed by atoms with Crippen LogP contribution < -0.4 is 10.6 Å². The van der Waals surface area contributed by atoms with E-state index in [1.165, 1.54) is 30.6 Å². The van der Waals surface area contributed by atoms with Crippen molar-refractivity contribution in [3.8, 4) is 0 Å². The lowest BCUT2D eigenvalue weighted by atomic mass is 10.2. The second-order valence-electron chi connectivity index (χ2n) is 4.12. The molecule has 1 aliphatic heterocycles. The molecule has 14 heavy (non-hydrogen) atoms. The van der Waals surface area contributed by atoms with Crippen LogP contribution in [0.1, 0.15) is 18.4 Å². The highest BCUT2D eigenvalue weighted by Gasteiger charge is 2.17. The number of aryl methyl sites for hydroxylation is 1. The van der Waals surface area contributed by atoms with E-state index in [1.54, 1.807) is 0 Å². The molecule has 0 unspecified atom stereocenters. The van der Waals surface area contributed by atoms with Gasteiger partial charge in [0.25, 0.3) is 0 Å². The van der Waals surface area contributed by atoms with Crippen LogP contribution in [0.2, 0.25) is 0 Å². The SMILES string of the molecule is Cc1ccccc1NC[C@H]1CCC[NH2+]1. The Bertz CT molecular complexity index is 290. The average Bonchev–Trinajstić information content (AvgIpc) is 2.69. The molecule has 0 aliphatic carbocycles. The first kappa shape index (κ1) is 9.53. The van der Waals surface area contributed by atoms with Crippen molar-refractivity contribution in [1.82, 2.24) is 0 Å². The summed E-state index contributed by atoms with van der Waals surface area (Å²) in [5, 5.41) is 5.97. The number of quaternary nitrogens is 1. The summed E-state index contributed by atoms with van der Waals surface area (Å²) in [6, 6.07) is 9.27. The van der Waals surface area contributed by atoms with E-state index in [1.807, 2.05) is 0 Å². The zero-order chi connectivity index (χ0) is 9.80. The summed E-state index contributed by atoms with van der Waals surface area (Å²) in [5.74, 6) is 0. The van der Waals surface area contributed by atoms with Crippen molar-refractivity contribution in [3.63, 3.8) is 0 Å². The summed E-state index contributed by atoms with van der Waals surface area (Å²) in [4.78, 5) is 0. The first-order valence-corrected chi connectivity index (χ1v) is 5.49. The van der Waals surface area contributed by atoms with Crippen LogP contribution in [-0.4, -0.2) is 19.1 Å². The largest absolute Gasteiger partial charge is 0.379 e. The predicted octanol–water partition coefficient (Wildman–Crippen LogP) is 1.13. The van der Waals surface area contributed by atoms with E-state index in [2.05, 4.69) is 41.8 Å². The fraction of sp³-hybridized carbons (Fsp3) is 0.500. The van der Waals surface area contributed by atoms with Gasteiger partial charge in [-0.3, -0.25) is 0 Å². The zero-order valence-corrected chi connectivity index (χ0v) is 8.79. The van der Waals surface area contributed by atoms with Gasteiger partial charge in [0.15, 0.2) is 0 Å². The molecule has 0 aromatic heterocycles. The molecule has 76 valence electrons. The number of benzene rings is 1. The Kier molecular flexibility index (Phi) is 3.04. The lowest BCUT2D eigenvalue weighted by molar-refractivity contribution is -0.666. The molecule has 1 heterocycles. The Labute approximate surface area is 85.7 Å². The van der Waals surface area contributed by atoms with Crippen LogP contribution in [-0.2, 0) is 0 Å². The van der Waals surface area contributed by atoms with Crippen molar-refractivity contribution in [2.24, 2.45) is 0 Å². The topological polar surface area (TPSA) is 28.6 Å². The fourth-order valence-corrected chi connectivity index (χ4v) is 2.05. The molecule has 2 nitrogen and oxygen atoms in total. The van der Waals surface area contributed by atoms with Crippen molar-refractivity contribution < 1.29 is 5.32 Å². The quantitative estimate of drug-likeness (QED) is 0.737. The van der Waals surface area contributed by atoms with Gasteiger partial charge in [-0.1, -0.05) is 18.2 Å². The molecule has 0 bridgehead atoms. The second-order valence-corrected chi connectivity index (χ2v) is 4.12. The molecular formula is C12H19N2+. The minimum absolute atomic E-state index is 0.787. The molecule has 1 atom stereocenters. The maximum Gasteiger partial charge on any atom is 0.104 e. The van der Waals surface area contributed by atoms with E-state index in [0.717, 1.165) is 12.6 Å². The van der Waals surface area contributed by atoms with E-state index in [9.17, 15) is 0 Å². The summed E-state index contributed by atoms with van der Waals surface area (Å²) < 4.78 is 0. The van der Waals surface area contributed by atoms with Crippen molar-refractivity contribution in [2.45, 2.75) is 25.8 Å². The van der Waals surface area contributed by atoms with E-state index in [-0.39, 0.29) is 0 Å². The molecule has 0 amide bonds. The van der Waals surface area contributed by atoms with Crippen LogP contribution >= 0.6 is 0 Å². The molecule has 1 aromatic rings. The van der Waals surface area contributed by atoms with Crippen LogP contribution in [0.4, 0.5) is 5.69 Å². The number of rotatable bonds is 3. The number of hydrogen-bond acceptors (Lipinski definition) is 1. The number of nitrogens with one attached hydrogen (secondary N) is 1. The van der Waals surface area contributed by atoms with Gasteiger partial charge in [0.05, 0.1) is 13.1 Å². The molecule has 3 N–H and O–H groups in total. The summed E-state index contributed by atoms with van der Waals surface area (Å²) >= 11 is 0. The molecule has 1 saturated heterocycles. The third kappa shape index (κ3) is 2.26. The van der Waals surface area contributed by atoms with E-state index < -0.39 is 0 Å². The number of anilines is 1. The molecule has 1 aliphatic rings. The van der Waals surface area contributed by atoms with Crippen molar-refractivity contribution in [1.29, 1.82) is 0 Å². The maximum absolute atomic E-state index is 3.52. The molecular weight excluding hydrogens is 172 g/mol. The smallest absolute Gasteiger partial charge is 0.104 e. The van der Waals surface area contributed by atoms with Gasteiger partial charge in [-0.15, -0.1) is 0 Å². The molecule has 2 rings (SSSR count). The van der Waals surface area contributed by atoms with Gasteiger partial charge in [0, 0.05) is 18.5 Å². The lowest BCUT2D eigenvalue weighted by Gasteiger charge is -2.11. The van der Waals surface area contributed by atoms with Crippen molar-refractivity contribution >= 4 is 5.69 Å².